The minimum Gasteiger partial charge on any atom is -0.371 e. The Labute approximate surface area is 124 Å². The fourth-order valence-electron chi connectivity index (χ4n) is 2.14. The predicted octanol–water partition coefficient (Wildman–Crippen LogP) is 4.23. The van der Waals surface area contributed by atoms with Gasteiger partial charge in [-0.3, -0.25) is 0 Å². The summed E-state index contributed by atoms with van der Waals surface area (Å²) in [5.74, 6) is 1.71. The molecule has 0 aromatic carbocycles. The van der Waals surface area contributed by atoms with Crippen LogP contribution in [0.25, 0.3) is 10.2 Å². The van der Waals surface area contributed by atoms with Crippen molar-refractivity contribution in [3.8, 4) is 0 Å². The largest absolute Gasteiger partial charge is 0.371 e. The molecule has 0 bridgehead atoms. The van der Waals surface area contributed by atoms with E-state index in [4.69, 9.17) is 9.72 Å². The van der Waals surface area contributed by atoms with Crippen LogP contribution in [0.2, 0.25) is 0 Å². The maximum atomic E-state index is 5.63. The molecule has 0 aliphatic heterocycles. The maximum absolute atomic E-state index is 5.63. The highest BCUT2D eigenvalue weighted by molar-refractivity contribution is 7.18. The summed E-state index contributed by atoms with van der Waals surface area (Å²) >= 11 is 1.73. The molecule has 5 heteroatoms. The van der Waals surface area contributed by atoms with Gasteiger partial charge in [0, 0.05) is 18.0 Å². The van der Waals surface area contributed by atoms with E-state index in [1.807, 2.05) is 13.8 Å². The molecular formula is C15H23N3OS. The molecule has 110 valence electrons. The van der Waals surface area contributed by atoms with Gasteiger partial charge in [-0.05, 0) is 39.7 Å². The molecule has 2 aromatic heterocycles. The molecular weight excluding hydrogens is 270 g/mol. The van der Waals surface area contributed by atoms with Gasteiger partial charge in [-0.15, -0.1) is 11.3 Å². The van der Waals surface area contributed by atoms with Crippen LogP contribution < -0.4 is 5.32 Å². The van der Waals surface area contributed by atoms with E-state index in [-0.39, 0.29) is 6.10 Å². The standard InChI is InChI=1S/C15H23N3OS/c1-6-8-16-14-12-9(3)11(5)20-15(12)18-13(17-14)10(4)19-7-2/h10H,6-8H2,1-5H3,(H,16,17,18). The first-order valence-electron chi connectivity index (χ1n) is 7.21. The lowest BCUT2D eigenvalue weighted by molar-refractivity contribution is 0.0704. The summed E-state index contributed by atoms with van der Waals surface area (Å²) in [7, 11) is 0. The molecule has 0 spiro atoms. The van der Waals surface area contributed by atoms with Crippen LogP contribution in [-0.2, 0) is 4.74 Å². The molecule has 2 heterocycles. The van der Waals surface area contributed by atoms with Crippen molar-refractivity contribution in [1.82, 2.24) is 9.97 Å². The zero-order valence-electron chi connectivity index (χ0n) is 12.9. The number of hydrogen-bond acceptors (Lipinski definition) is 5. The van der Waals surface area contributed by atoms with E-state index in [1.54, 1.807) is 11.3 Å². The Morgan fingerprint density at radius 1 is 1.25 bits per heavy atom. The van der Waals surface area contributed by atoms with Crippen LogP contribution >= 0.6 is 11.3 Å². The number of ether oxygens (including phenoxy) is 1. The zero-order valence-corrected chi connectivity index (χ0v) is 13.7. The van der Waals surface area contributed by atoms with Crippen molar-refractivity contribution in [1.29, 1.82) is 0 Å². The van der Waals surface area contributed by atoms with Crippen LogP contribution in [0.1, 0.15) is 49.6 Å². The second kappa shape index (κ2) is 6.50. The first kappa shape index (κ1) is 15.2. The van der Waals surface area contributed by atoms with Crippen LogP contribution in [-0.4, -0.2) is 23.1 Å². The monoisotopic (exact) mass is 293 g/mol. The second-order valence-electron chi connectivity index (χ2n) is 4.92. The summed E-state index contributed by atoms with van der Waals surface area (Å²) < 4.78 is 5.63. The lowest BCUT2D eigenvalue weighted by Crippen LogP contribution is -2.09. The second-order valence-corrected chi connectivity index (χ2v) is 6.12. The number of nitrogens with one attached hydrogen (secondary N) is 1. The molecule has 0 saturated carbocycles. The number of aromatic nitrogens is 2. The van der Waals surface area contributed by atoms with E-state index in [1.165, 1.54) is 10.4 Å². The topological polar surface area (TPSA) is 47.0 Å². The Bertz CT molecular complexity index is 594. The fourth-order valence-corrected chi connectivity index (χ4v) is 3.18. The van der Waals surface area contributed by atoms with Crippen molar-refractivity contribution in [2.45, 2.75) is 47.1 Å². The Balaban J connectivity index is 2.52. The lowest BCUT2D eigenvalue weighted by Gasteiger charge is -2.13. The van der Waals surface area contributed by atoms with Crippen molar-refractivity contribution in [3.05, 3.63) is 16.3 Å². The summed E-state index contributed by atoms with van der Waals surface area (Å²) in [4.78, 5) is 11.7. The van der Waals surface area contributed by atoms with Crippen molar-refractivity contribution >= 4 is 27.4 Å². The van der Waals surface area contributed by atoms with Crippen LogP contribution in [0, 0.1) is 13.8 Å². The average molecular weight is 293 g/mol. The summed E-state index contributed by atoms with van der Waals surface area (Å²) in [5.41, 5.74) is 1.28. The Hall–Kier alpha value is -1.20. The third-order valence-electron chi connectivity index (χ3n) is 3.37. The van der Waals surface area contributed by atoms with Gasteiger partial charge in [0.1, 0.15) is 16.8 Å². The van der Waals surface area contributed by atoms with Gasteiger partial charge >= 0.3 is 0 Å². The summed E-state index contributed by atoms with van der Waals surface area (Å²) in [6.45, 7) is 12.0. The molecule has 1 unspecified atom stereocenters. The predicted molar refractivity (Wildman–Crippen MR) is 85.7 cm³/mol. The van der Waals surface area contributed by atoms with E-state index in [2.05, 4.69) is 31.1 Å². The highest BCUT2D eigenvalue weighted by atomic mass is 32.1. The highest BCUT2D eigenvalue weighted by Gasteiger charge is 2.17. The number of aryl methyl sites for hydroxylation is 2. The van der Waals surface area contributed by atoms with Gasteiger partial charge in [0.25, 0.3) is 0 Å². The van der Waals surface area contributed by atoms with Crippen LogP contribution in [0.4, 0.5) is 5.82 Å². The normalized spacial score (nSPS) is 12.8. The molecule has 0 amide bonds. The molecule has 0 saturated heterocycles. The fraction of sp³-hybridized carbons (Fsp3) is 0.600. The van der Waals surface area contributed by atoms with Crippen molar-refractivity contribution in [2.24, 2.45) is 0 Å². The van der Waals surface area contributed by atoms with E-state index < -0.39 is 0 Å². The molecule has 1 N–H and O–H groups in total. The number of nitrogens with zero attached hydrogens (tertiary/aromatic N) is 2. The number of rotatable bonds is 6. The lowest BCUT2D eigenvalue weighted by atomic mass is 10.2. The van der Waals surface area contributed by atoms with E-state index in [0.717, 1.165) is 34.8 Å². The molecule has 0 aliphatic carbocycles. The molecule has 2 aromatic rings. The highest BCUT2D eigenvalue weighted by Crippen LogP contribution is 2.34. The quantitative estimate of drug-likeness (QED) is 0.866. The Morgan fingerprint density at radius 2 is 2.00 bits per heavy atom. The number of thiophene rings is 1. The number of fused-ring (bicyclic) bond motifs is 1. The minimum absolute atomic E-state index is 0.0747. The zero-order chi connectivity index (χ0) is 14.7. The smallest absolute Gasteiger partial charge is 0.160 e. The van der Waals surface area contributed by atoms with Gasteiger partial charge < -0.3 is 10.1 Å². The molecule has 2 rings (SSSR count). The number of anilines is 1. The van der Waals surface area contributed by atoms with Crippen LogP contribution in [0.5, 0.6) is 0 Å². The SMILES string of the molecule is CCCNc1nc(C(C)OCC)nc2sc(C)c(C)c12. The van der Waals surface area contributed by atoms with E-state index in [0.29, 0.717) is 6.61 Å². The number of hydrogen-bond donors (Lipinski definition) is 1. The molecule has 0 radical (unpaired) electrons. The minimum atomic E-state index is -0.0747. The third kappa shape index (κ3) is 2.94. The van der Waals surface area contributed by atoms with Crippen LogP contribution in [0.3, 0.4) is 0 Å². The Morgan fingerprint density at radius 3 is 2.65 bits per heavy atom. The van der Waals surface area contributed by atoms with Crippen molar-refractivity contribution in [3.63, 3.8) is 0 Å². The average Bonchev–Trinajstić information content (AvgIpc) is 2.71. The van der Waals surface area contributed by atoms with Gasteiger partial charge in [-0.2, -0.15) is 0 Å². The molecule has 20 heavy (non-hydrogen) atoms. The van der Waals surface area contributed by atoms with Gasteiger partial charge in [0.15, 0.2) is 5.82 Å². The van der Waals surface area contributed by atoms with Crippen molar-refractivity contribution < 1.29 is 4.74 Å². The molecule has 1 atom stereocenters. The van der Waals surface area contributed by atoms with E-state index >= 15 is 0 Å². The molecule has 0 fully saturated rings. The first-order valence-corrected chi connectivity index (χ1v) is 8.03. The van der Waals surface area contributed by atoms with Gasteiger partial charge in [0.05, 0.1) is 5.39 Å². The Kier molecular flexibility index (Phi) is 4.94. The van der Waals surface area contributed by atoms with Gasteiger partial charge in [0.2, 0.25) is 0 Å². The maximum Gasteiger partial charge on any atom is 0.160 e. The molecule has 4 nitrogen and oxygen atoms in total. The van der Waals surface area contributed by atoms with E-state index in [9.17, 15) is 0 Å². The first-order chi connectivity index (χ1) is 9.58. The third-order valence-corrected chi connectivity index (χ3v) is 4.47. The summed E-state index contributed by atoms with van der Waals surface area (Å²) in [6.07, 6.45) is 0.999. The van der Waals surface area contributed by atoms with Gasteiger partial charge in [-0.25, -0.2) is 9.97 Å². The van der Waals surface area contributed by atoms with Gasteiger partial charge in [-0.1, -0.05) is 6.92 Å². The van der Waals surface area contributed by atoms with Crippen molar-refractivity contribution in [2.75, 3.05) is 18.5 Å². The summed E-state index contributed by atoms with van der Waals surface area (Å²) in [6, 6.07) is 0. The molecule has 0 aliphatic rings. The summed E-state index contributed by atoms with van der Waals surface area (Å²) in [5, 5.41) is 4.59. The van der Waals surface area contributed by atoms with Crippen LogP contribution in [0.15, 0.2) is 0 Å².